The molecule has 0 aliphatic heterocycles. The molecule has 0 unspecified atom stereocenters. The third-order valence-electron chi connectivity index (χ3n) is 1.94. The third-order valence-corrected chi connectivity index (χ3v) is 2.81. The van der Waals surface area contributed by atoms with Gasteiger partial charge < -0.3 is 11.1 Å². The molecule has 4 nitrogen and oxygen atoms in total. The molecule has 0 fully saturated rings. The van der Waals surface area contributed by atoms with Crippen molar-refractivity contribution in [1.29, 1.82) is 0 Å². The largest absolute Gasteiger partial charge is 0.383 e. The Bertz CT molecular complexity index is 481. The molecule has 2 aromatic rings. The van der Waals surface area contributed by atoms with Crippen LogP contribution in [0.4, 0.5) is 11.5 Å². The fourth-order valence-electron chi connectivity index (χ4n) is 1.27. The zero-order valence-corrected chi connectivity index (χ0v) is 9.33. The van der Waals surface area contributed by atoms with Crippen LogP contribution in [0.15, 0.2) is 35.7 Å². The number of carbonyl (C=O) groups excluding carboxylic acids is 1. The lowest BCUT2D eigenvalue weighted by Crippen LogP contribution is -2.14. The topological polar surface area (TPSA) is 68.0 Å². The van der Waals surface area contributed by atoms with Crippen molar-refractivity contribution in [3.63, 3.8) is 0 Å². The minimum absolute atomic E-state index is 0.0828. The number of thiazole rings is 1. The molecule has 1 amide bonds. The van der Waals surface area contributed by atoms with Gasteiger partial charge in [0, 0.05) is 11.1 Å². The van der Waals surface area contributed by atoms with E-state index in [-0.39, 0.29) is 12.3 Å². The van der Waals surface area contributed by atoms with Crippen molar-refractivity contribution < 1.29 is 4.79 Å². The highest BCUT2D eigenvalue weighted by Crippen LogP contribution is 2.12. The lowest BCUT2D eigenvalue weighted by molar-refractivity contribution is -0.115. The molecule has 1 aromatic heterocycles. The average molecular weight is 233 g/mol. The van der Waals surface area contributed by atoms with Crippen molar-refractivity contribution >= 4 is 28.7 Å². The lowest BCUT2D eigenvalue weighted by Gasteiger charge is -2.02. The Morgan fingerprint density at radius 3 is 2.75 bits per heavy atom. The van der Waals surface area contributed by atoms with Crippen LogP contribution in [-0.4, -0.2) is 10.9 Å². The summed E-state index contributed by atoms with van der Waals surface area (Å²) >= 11 is 1.39. The molecule has 0 spiro atoms. The minimum Gasteiger partial charge on any atom is -0.383 e. The Kier molecular flexibility index (Phi) is 3.16. The molecular weight excluding hydrogens is 222 g/mol. The van der Waals surface area contributed by atoms with E-state index in [0.717, 1.165) is 10.7 Å². The second kappa shape index (κ2) is 4.76. The van der Waals surface area contributed by atoms with Gasteiger partial charge in [0.05, 0.1) is 6.42 Å². The van der Waals surface area contributed by atoms with Gasteiger partial charge in [0.25, 0.3) is 0 Å². The number of hydrogen-bond donors (Lipinski definition) is 2. The minimum atomic E-state index is -0.0828. The number of nitrogens with two attached hydrogens (primary N) is 1. The van der Waals surface area contributed by atoms with Crippen molar-refractivity contribution in [3.8, 4) is 0 Å². The van der Waals surface area contributed by atoms with Crippen LogP contribution in [0.1, 0.15) is 5.01 Å². The second-order valence-corrected chi connectivity index (χ2v) is 4.20. The Labute approximate surface area is 97.1 Å². The van der Waals surface area contributed by atoms with Gasteiger partial charge >= 0.3 is 0 Å². The SMILES string of the molecule is Nc1csc(CC(=O)Nc2ccccc2)n1. The number of nitrogens with zero attached hydrogens (tertiary/aromatic N) is 1. The first-order valence-electron chi connectivity index (χ1n) is 4.79. The number of rotatable bonds is 3. The fourth-order valence-corrected chi connectivity index (χ4v) is 1.95. The lowest BCUT2D eigenvalue weighted by atomic mass is 10.3. The van der Waals surface area contributed by atoms with Crippen LogP contribution in [0.2, 0.25) is 0 Å². The van der Waals surface area contributed by atoms with Crippen LogP contribution in [-0.2, 0) is 11.2 Å². The predicted octanol–water partition coefficient (Wildman–Crippen LogP) is 1.91. The van der Waals surface area contributed by atoms with Crippen molar-refractivity contribution in [1.82, 2.24) is 4.98 Å². The highest BCUT2D eigenvalue weighted by molar-refractivity contribution is 7.10. The number of benzene rings is 1. The molecule has 0 atom stereocenters. The summed E-state index contributed by atoms with van der Waals surface area (Å²) in [7, 11) is 0. The van der Waals surface area contributed by atoms with E-state index in [2.05, 4.69) is 10.3 Å². The van der Waals surface area contributed by atoms with Gasteiger partial charge in [0.2, 0.25) is 5.91 Å². The van der Waals surface area contributed by atoms with E-state index < -0.39 is 0 Å². The summed E-state index contributed by atoms with van der Waals surface area (Å²) in [5, 5.41) is 5.24. The molecule has 0 aliphatic rings. The van der Waals surface area contributed by atoms with Crippen LogP contribution >= 0.6 is 11.3 Å². The monoisotopic (exact) mass is 233 g/mol. The van der Waals surface area contributed by atoms with Crippen molar-refractivity contribution in [2.24, 2.45) is 0 Å². The van der Waals surface area contributed by atoms with Gasteiger partial charge in [-0.1, -0.05) is 18.2 Å². The summed E-state index contributed by atoms with van der Waals surface area (Å²) in [4.78, 5) is 15.6. The second-order valence-electron chi connectivity index (χ2n) is 3.26. The molecule has 1 heterocycles. The van der Waals surface area contributed by atoms with E-state index in [1.54, 1.807) is 5.38 Å². The van der Waals surface area contributed by atoms with Crippen LogP contribution in [0.3, 0.4) is 0 Å². The van der Waals surface area contributed by atoms with Crippen molar-refractivity contribution in [3.05, 3.63) is 40.7 Å². The van der Waals surface area contributed by atoms with E-state index in [9.17, 15) is 4.79 Å². The quantitative estimate of drug-likeness (QED) is 0.850. The molecule has 0 saturated heterocycles. The average Bonchev–Trinajstić information content (AvgIpc) is 2.65. The first-order chi connectivity index (χ1) is 7.74. The summed E-state index contributed by atoms with van der Waals surface area (Å²) < 4.78 is 0. The smallest absolute Gasteiger partial charge is 0.231 e. The summed E-state index contributed by atoms with van der Waals surface area (Å²) in [5.41, 5.74) is 6.26. The molecule has 0 saturated carbocycles. The Morgan fingerprint density at radius 2 is 2.12 bits per heavy atom. The molecule has 3 N–H and O–H groups in total. The van der Waals surface area contributed by atoms with E-state index in [4.69, 9.17) is 5.73 Å². The Hall–Kier alpha value is -1.88. The van der Waals surface area contributed by atoms with E-state index in [1.165, 1.54) is 11.3 Å². The third kappa shape index (κ3) is 2.80. The zero-order chi connectivity index (χ0) is 11.4. The summed E-state index contributed by atoms with van der Waals surface area (Å²) in [6.07, 6.45) is 0.261. The first kappa shape index (κ1) is 10.6. The van der Waals surface area contributed by atoms with Gasteiger partial charge in [0.1, 0.15) is 10.8 Å². The van der Waals surface area contributed by atoms with E-state index in [1.807, 2.05) is 30.3 Å². The highest BCUT2D eigenvalue weighted by atomic mass is 32.1. The molecular formula is C11H11N3OS. The molecule has 82 valence electrons. The van der Waals surface area contributed by atoms with E-state index >= 15 is 0 Å². The molecule has 0 aliphatic carbocycles. The number of nitrogens with one attached hydrogen (secondary N) is 1. The summed E-state index contributed by atoms with van der Waals surface area (Å²) in [6, 6.07) is 9.33. The van der Waals surface area contributed by atoms with Gasteiger partial charge in [-0.3, -0.25) is 4.79 Å². The molecule has 5 heteroatoms. The van der Waals surface area contributed by atoms with Gasteiger partial charge in [-0.15, -0.1) is 11.3 Å². The van der Waals surface area contributed by atoms with Crippen LogP contribution in [0.5, 0.6) is 0 Å². The number of hydrogen-bond acceptors (Lipinski definition) is 4. The van der Waals surface area contributed by atoms with Gasteiger partial charge in [-0.25, -0.2) is 4.98 Å². The first-order valence-corrected chi connectivity index (χ1v) is 5.67. The Balaban J connectivity index is 1.95. The fraction of sp³-hybridized carbons (Fsp3) is 0.0909. The highest BCUT2D eigenvalue weighted by Gasteiger charge is 2.06. The zero-order valence-electron chi connectivity index (χ0n) is 8.51. The van der Waals surface area contributed by atoms with Crippen molar-refractivity contribution in [2.75, 3.05) is 11.1 Å². The molecule has 2 rings (SSSR count). The molecule has 0 radical (unpaired) electrons. The normalized spacial score (nSPS) is 10.0. The molecule has 1 aromatic carbocycles. The Morgan fingerprint density at radius 1 is 1.38 bits per heavy atom. The number of amides is 1. The predicted molar refractivity (Wildman–Crippen MR) is 65.3 cm³/mol. The van der Waals surface area contributed by atoms with Crippen LogP contribution in [0.25, 0.3) is 0 Å². The van der Waals surface area contributed by atoms with E-state index in [0.29, 0.717) is 5.82 Å². The maximum absolute atomic E-state index is 11.6. The van der Waals surface area contributed by atoms with Crippen LogP contribution in [0, 0.1) is 0 Å². The maximum Gasteiger partial charge on any atom is 0.231 e. The molecule has 16 heavy (non-hydrogen) atoms. The number of carbonyl (C=O) groups is 1. The number of aromatic nitrogens is 1. The van der Waals surface area contributed by atoms with Gasteiger partial charge in [-0.2, -0.15) is 0 Å². The van der Waals surface area contributed by atoms with Crippen LogP contribution < -0.4 is 11.1 Å². The summed E-state index contributed by atoms with van der Waals surface area (Å²) in [6.45, 7) is 0. The summed E-state index contributed by atoms with van der Waals surface area (Å²) in [5.74, 6) is 0.382. The van der Waals surface area contributed by atoms with Crippen molar-refractivity contribution in [2.45, 2.75) is 6.42 Å². The number of nitrogen functional groups attached to an aromatic ring is 1. The molecule has 0 bridgehead atoms. The maximum atomic E-state index is 11.6. The number of anilines is 2. The number of para-hydroxylation sites is 1. The van der Waals surface area contributed by atoms with Gasteiger partial charge in [0.15, 0.2) is 0 Å². The standard InChI is InChI=1S/C11H11N3OS/c12-9-7-16-11(14-9)6-10(15)13-8-4-2-1-3-5-8/h1-5,7H,6,12H2,(H,13,15). The van der Waals surface area contributed by atoms with Gasteiger partial charge in [-0.05, 0) is 12.1 Å².